The second-order valence-electron chi connectivity index (χ2n) is 5.66. The second kappa shape index (κ2) is 7.90. The van der Waals surface area contributed by atoms with Gasteiger partial charge in [-0.2, -0.15) is 4.31 Å². The van der Waals surface area contributed by atoms with Crippen molar-refractivity contribution >= 4 is 15.9 Å². The molecule has 2 heterocycles. The van der Waals surface area contributed by atoms with Crippen molar-refractivity contribution in [2.24, 2.45) is 0 Å². The molecule has 0 spiro atoms. The molecule has 0 atom stereocenters. The fraction of sp³-hybridized carbons (Fsp3) is 0.294. The minimum atomic E-state index is -3.81. The Balaban J connectivity index is 1.79. The van der Waals surface area contributed by atoms with Gasteiger partial charge in [0.15, 0.2) is 0 Å². The van der Waals surface area contributed by atoms with E-state index >= 15 is 0 Å². The molecule has 0 aliphatic carbocycles. The quantitative estimate of drug-likeness (QED) is 0.843. The molecule has 1 saturated heterocycles. The molecule has 7 nitrogen and oxygen atoms in total. The number of nitrogens with one attached hydrogen (secondary N) is 1. The number of aromatic nitrogens is 1. The van der Waals surface area contributed by atoms with Crippen LogP contribution in [0.4, 0.5) is 4.39 Å². The number of hydrogen-bond acceptors (Lipinski definition) is 5. The summed E-state index contributed by atoms with van der Waals surface area (Å²) in [5.41, 5.74) is 0.286. The van der Waals surface area contributed by atoms with Crippen LogP contribution in [0.25, 0.3) is 0 Å². The molecule has 1 N–H and O–H groups in total. The SMILES string of the molecule is O=C(NCc1ccccn1)c1cc(S(=O)(=O)N2CCOCC2)ccc1F. The number of pyridine rings is 1. The van der Waals surface area contributed by atoms with E-state index in [1.807, 2.05) is 0 Å². The number of sulfonamides is 1. The lowest BCUT2D eigenvalue weighted by molar-refractivity contribution is 0.0730. The molecular formula is C17H18FN3O4S. The van der Waals surface area contributed by atoms with Crippen LogP contribution in [0, 0.1) is 5.82 Å². The van der Waals surface area contributed by atoms with E-state index in [0.29, 0.717) is 18.9 Å². The predicted molar refractivity (Wildman–Crippen MR) is 91.4 cm³/mol. The average Bonchev–Trinajstić information content (AvgIpc) is 2.68. The molecule has 0 radical (unpaired) electrons. The zero-order valence-electron chi connectivity index (χ0n) is 13.9. The maximum absolute atomic E-state index is 14.1. The number of rotatable bonds is 5. The van der Waals surface area contributed by atoms with Crippen LogP contribution < -0.4 is 5.32 Å². The predicted octanol–water partition coefficient (Wildman–Crippen LogP) is 1.17. The number of ether oxygens (including phenoxy) is 1. The van der Waals surface area contributed by atoms with Crippen LogP contribution in [-0.4, -0.2) is 49.9 Å². The van der Waals surface area contributed by atoms with Gasteiger partial charge >= 0.3 is 0 Å². The Kier molecular flexibility index (Phi) is 5.60. The minimum Gasteiger partial charge on any atom is -0.379 e. The molecule has 1 aromatic carbocycles. The summed E-state index contributed by atoms with van der Waals surface area (Å²) in [5, 5.41) is 2.54. The Morgan fingerprint density at radius 2 is 2.00 bits per heavy atom. The summed E-state index contributed by atoms with van der Waals surface area (Å²) >= 11 is 0. The Bertz CT molecular complexity index is 884. The van der Waals surface area contributed by atoms with Gasteiger partial charge in [-0.05, 0) is 30.3 Å². The number of carbonyl (C=O) groups is 1. The fourth-order valence-electron chi connectivity index (χ4n) is 2.54. The highest BCUT2D eigenvalue weighted by molar-refractivity contribution is 7.89. The Morgan fingerprint density at radius 1 is 1.23 bits per heavy atom. The molecule has 9 heteroatoms. The average molecular weight is 379 g/mol. The molecule has 1 aliphatic rings. The molecule has 1 amide bonds. The Hall–Kier alpha value is -2.36. The van der Waals surface area contributed by atoms with Crippen molar-refractivity contribution in [2.75, 3.05) is 26.3 Å². The smallest absolute Gasteiger partial charge is 0.254 e. The zero-order chi connectivity index (χ0) is 18.6. The second-order valence-corrected chi connectivity index (χ2v) is 7.60. The zero-order valence-corrected chi connectivity index (χ0v) is 14.7. The highest BCUT2D eigenvalue weighted by Crippen LogP contribution is 2.20. The van der Waals surface area contributed by atoms with Gasteiger partial charge in [-0.15, -0.1) is 0 Å². The van der Waals surface area contributed by atoms with Gasteiger partial charge in [0.25, 0.3) is 5.91 Å². The molecule has 0 saturated carbocycles. The number of halogens is 1. The van der Waals surface area contributed by atoms with Gasteiger partial charge < -0.3 is 10.1 Å². The van der Waals surface area contributed by atoms with Gasteiger partial charge in [0.05, 0.1) is 35.9 Å². The van der Waals surface area contributed by atoms with Crippen LogP contribution in [0.5, 0.6) is 0 Å². The number of morpholine rings is 1. The maximum Gasteiger partial charge on any atom is 0.254 e. The van der Waals surface area contributed by atoms with Gasteiger partial charge in [-0.1, -0.05) is 6.07 Å². The van der Waals surface area contributed by atoms with Crippen molar-refractivity contribution in [3.05, 3.63) is 59.7 Å². The van der Waals surface area contributed by atoms with E-state index in [1.165, 1.54) is 4.31 Å². The van der Waals surface area contributed by atoms with Crippen LogP contribution in [0.15, 0.2) is 47.5 Å². The van der Waals surface area contributed by atoms with Gasteiger partial charge in [0, 0.05) is 19.3 Å². The summed E-state index contributed by atoms with van der Waals surface area (Å²) in [6.07, 6.45) is 1.58. The van der Waals surface area contributed by atoms with E-state index in [1.54, 1.807) is 24.4 Å². The number of carbonyl (C=O) groups excluding carboxylic acids is 1. The molecule has 0 bridgehead atoms. The topological polar surface area (TPSA) is 88.6 Å². The normalized spacial score (nSPS) is 15.6. The first-order valence-corrected chi connectivity index (χ1v) is 9.48. The molecule has 2 aromatic rings. The van der Waals surface area contributed by atoms with Gasteiger partial charge in [0.2, 0.25) is 10.0 Å². The monoisotopic (exact) mass is 379 g/mol. The number of benzene rings is 1. The summed E-state index contributed by atoms with van der Waals surface area (Å²) < 4.78 is 45.8. The van der Waals surface area contributed by atoms with Crippen LogP contribution in [0.3, 0.4) is 0 Å². The third-order valence-electron chi connectivity index (χ3n) is 3.95. The molecule has 0 unspecified atom stereocenters. The molecule has 1 fully saturated rings. The van der Waals surface area contributed by atoms with Crippen molar-refractivity contribution in [1.82, 2.24) is 14.6 Å². The third-order valence-corrected chi connectivity index (χ3v) is 5.84. The van der Waals surface area contributed by atoms with E-state index in [0.717, 1.165) is 18.2 Å². The lowest BCUT2D eigenvalue weighted by Crippen LogP contribution is -2.40. The van der Waals surface area contributed by atoms with E-state index < -0.39 is 21.7 Å². The first-order chi connectivity index (χ1) is 12.5. The van der Waals surface area contributed by atoms with E-state index in [4.69, 9.17) is 4.74 Å². The van der Waals surface area contributed by atoms with Crippen molar-refractivity contribution in [3.63, 3.8) is 0 Å². The largest absolute Gasteiger partial charge is 0.379 e. The molecule has 1 aliphatic heterocycles. The van der Waals surface area contributed by atoms with E-state index in [-0.39, 0.29) is 30.1 Å². The van der Waals surface area contributed by atoms with E-state index in [9.17, 15) is 17.6 Å². The number of hydrogen-bond donors (Lipinski definition) is 1. The van der Waals surface area contributed by atoms with Crippen LogP contribution in [0.2, 0.25) is 0 Å². The maximum atomic E-state index is 14.1. The fourth-order valence-corrected chi connectivity index (χ4v) is 3.98. The van der Waals surface area contributed by atoms with E-state index in [2.05, 4.69) is 10.3 Å². The molecular weight excluding hydrogens is 361 g/mol. The Morgan fingerprint density at radius 3 is 2.69 bits per heavy atom. The highest BCUT2D eigenvalue weighted by Gasteiger charge is 2.27. The molecule has 3 rings (SSSR count). The lowest BCUT2D eigenvalue weighted by Gasteiger charge is -2.26. The summed E-state index contributed by atoms with van der Waals surface area (Å²) in [5.74, 6) is -1.49. The van der Waals surface area contributed by atoms with Crippen LogP contribution in [-0.2, 0) is 21.3 Å². The van der Waals surface area contributed by atoms with Crippen molar-refractivity contribution in [2.45, 2.75) is 11.4 Å². The Labute approximate surface area is 150 Å². The molecule has 26 heavy (non-hydrogen) atoms. The van der Waals surface area contributed by atoms with Crippen molar-refractivity contribution in [3.8, 4) is 0 Å². The highest BCUT2D eigenvalue weighted by atomic mass is 32.2. The minimum absolute atomic E-state index is 0.111. The van der Waals surface area contributed by atoms with Crippen molar-refractivity contribution in [1.29, 1.82) is 0 Å². The van der Waals surface area contributed by atoms with Gasteiger partial charge in [-0.25, -0.2) is 12.8 Å². The number of nitrogens with zero attached hydrogens (tertiary/aromatic N) is 2. The lowest BCUT2D eigenvalue weighted by atomic mass is 10.2. The van der Waals surface area contributed by atoms with Crippen LogP contribution >= 0.6 is 0 Å². The summed E-state index contributed by atoms with van der Waals surface area (Å²) in [6, 6.07) is 8.44. The standard InChI is InChI=1S/C17H18FN3O4S/c18-16-5-4-14(26(23,24)21-7-9-25-10-8-21)11-15(16)17(22)20-12-13-3-1-2-6-19-13/h1-6,11H,7-10,12H2,(H,20,22). The van der Waals surface area contributed by atoms with Crippen LogP contribution in [0.1, 0.15) is 16.1 Å². The van der Waals surface area contributed by atoms with Gasteiger partial charge in [-0.3, -0.25) is 9.78 Å². The molecule has 1 aromatic heterocycles. The summed E-state index contributed by atoms with van der Waals surface area (Å²) in [4.78, 5) is 16.2. The molecule has 138 valence electrons. The first kappa shape index (κ1) is 18.4. The van der Waals surface area contributed by atoms with Gasteiger partial charge in [0.1, 0.15) is 5.82 Å². The third kappa shape index (κ3) is 4.06. The summed E-state index contributed by atoms with van der Waals surface area (Å²) in [6.45, 7) is 1.16. The summed E-state index contributed by atoms with van der Waals surface area (Å²) in [7, 11) is -3.81. The number of amides is 1. The first-order valence-electron chi connectivity index (χ1n) is 8.04. The van der Waals surface area contributed by atoms with Crippen molar-refractivity contribution < 1.29 is 22.3 Å².